The molecule has 0 saturated carbocycles. The molecule has 6 heteroatoms. The maximum atomic E-state index is 12.9. The van der Waals surface area contributed by atoms with E-state index in [1.54, 1.807) is 0 Å². The zero-order chi connectivity index (χ0) is 20.2. The van der Waals surface area contributed by atoms with E-state index in [9.17, 15) is 4.57 Å². The van der Waals surface area contributed by atoms with E-state index in [2.05, 4.69) is 20.8 Å². The Kier molecular flexibility index (Phi) is 20.0. The van der Waals surface area contributed by atoms with Crippen molar-refractivity contribution >= 4 is 19.4 Å². The molecule has 4 nitrogen and oxygen atoms in total. The average Bonchev–Trinajstić information content (AvgIpc) is 2.65. The van der Waals surface area contributed by atoms with Gasteiger partial charge >= 0.3 is 7.82 Å². The molecule has 0 aromatic rings. The Morgan fingerprint density at radius 2 is 1.07 bits per heavy atom. The van der Waals surface area contributed by atoms with E-state index in [1.807, 2.05) is 0 Å². The van der Waals surface area contributed by atoms with Gasteiger partial charge in [-0.05, 0) is 25.7 Å². The van der Waals surface area contributed by atoms with Gasteiger partial charge in [-0.3, -0.25) is 13.6 Å². The van der Waals surface area contributed by atoms with Gasteiger partial charge < -0.3 is 0 Å². The van der Waals surface area contributed by atoms with Gasteiger partial charge in [-0.25, -0.2) is 4.57 Å². The average molecular weight is 427 g/mol. The lowest BCUT2D eigenvalue weighted by Crippen LogP contribution is -2.09. The fraction of sp³-hybridized carbons (Fsp3) is 1.00. The quantitative estimate of drug-likeness (QED) is 0.105. The standard InChI is InChI=1S/C21H44ClO4P/c1-4-7-10-12-14-16-19-24-27(23,26-21(22)18-9-6-3)25-20-17-15-13-11-8-5-2/h21H,4-20H2,1-3H3. The third-order valence-corrected chi connectivity index (χ3v) is 6.46. The molecule has 0 aliphatic carbocycles. The van der Waals surface area contributed by atoms with Crippen molar-refractivity contribution in [1.29, 1.82) is 0 Å². The van der Waals surface area contributed by atoms with Crippen molar-refractivity contribution in [2.45, 2.75) is 123 Å². The number of alkyl halides is 1. The summed E-state index contributed by atoms with van der Waals surface area (Å²) in [5.41, 5.74) is -0.620. The molecule has 1 atom stereocenters. The Hall–Kier alpha value is 0.400. The van der Waals surface area contributed by atoms with E-state index in [0.717, 1.165) is 38.5 Å². The second-order valence-corrected chi connectivity index (χ2v) is 9.42. The molecular formula is C21H44ClO4P. The Morgan fingerprint density at radius 3 is 1.52 bits per heavy atom. The van der Waals surface area contributed by atoms with Crippen LogP contribution in [0.25, 0.3) is 0 Å². The lowest BCUT2D eigenvalue weighted by Gasteiger charge is -2.21. The van der Waals surface area contributed by atoms with Gasteiger partial charge in [-0.1, -0.05) is 103 Å². The van der Waals surface area contributed by atoms with Crippen LogP contribution in [0.15, 0.2) is 0 Å². The molecule has 0 amide bonds. The number of hydrogen-bond donors (Lipinski definition) is 0. The summed E-state index contributed by atoms with van der Waals surface area (Å²) in [6.07, 6.45) is 16.4. The number of phosphoric acid groups is 1. The zero-order valence-corrected chi connectivity index (χ0v) is 19.7. The van der Waals surface area contributed by atoms with Crippen molar-refractivity contribution in [3.8, 4) is 0 Å². The van der Waals surface area contributed by atoms with Gasteiger partial charge in [0.05, 0.1) is 13.2 Å². The third kappa shape index (κ3) is 18.2. The molecule has 0 aromatic carbocycles. The van der Waals surface area contributed by atoms with Crippen molar-refractivity contribution in [2.75, 3.05) is 13.2 Å². The normalized spacial score (nSPS) is 13.2. The summed E-state index contributed by atoms with van der Waals surface area (Å²) in [7, 11) is -3.57. The van der Waals surface area contributed by atoms with Crippen LogP contribution in [0.4, 0.5) is 0 Å². The lowest BCUT2D eigenvalue weighted by molar-refractivity contribution is 0.0973. The largest absolute Gasteiger partial charge is 0.476 e. The van der Waals surface area contributed by atoms with E-state index < -0.39 is 13.4 Å². The molecule has 0 heterocycles. The van der Waals surface area contributed by atoms with Crippen LogP contribution in [0.1, 0.15) is 117 Å². The zero-order valence-electron chi connectivity index (χ0n) is 18.1. The Morgan fingerprint density at radius 1 is 0.667 bits per heavy atom. The number of rotatable bonds is 21. The number of unbranched alkanes of at least 4 members (excludes halogenated alkanes) is 11. The highest BCUT2D eigenvalue weighted by Gasteiger charge is 2.29. The molecule has 27 heavy (non-hydrogen) atoms. The fourth-order valence-electron chi connectivity index (χ4n) is 2.77. The molecule has 0 spiro atoms. The Balaban J connectivity index is 4.17. The molecule has 0 radical (unpaired) electrons. The summed E-state index contributed by atoms with van der Waals surface area (Å²) in [5, 5.41) is 0. The maximum Gasteiger partial charge on any atom is 0.476 e. The Bertz CT molecular complexity index is 333. The van der Waals surface area contributed by atoms with E-state index in [1.165, 1.54) is 51.4 Å². The predicted molar refractivity (Wildman–Crippen MR) is 117 cm³/mol. The monoisotopic (exact) mass is 426 g/mol. The van der Waals surface area contributed by atoms with Crippen molar-refractivity contribution in [3.05, 3.63) is 0 Å². The number of hydrogen-bond acceptors (Lipinski definition) is 4. The lowest BCUT2D eigenvalue weighted by atomic mass is 10.1. The summed E-state index contributed by atoms with van der Waals surface area (Å²) in [6, 6.07) is 0. The first-order chi connectivity index (χ1) is 13.1. The van der Waals surface area contributed by atoms with Gasteiger partial charge in [0.1, 0.15) is 5.56 Å². The molecule has 0 bridgehead atoms. The van der Waals surface area contributed by atoms with E-state index in [-0.39, 0.29) is 0 Å². The van der Waals surface area contributed by atoms with Gasteiger partial charge in [-0.2, -0.15) is 0 Å². The topological polar surface area (TPSA) is 44.8 Å². The summed E-state index contributed by atoms with van der Waals surface area (Å²) in [6.45, 7) is 7.31. The molecule has 0 aliphatic rings. The smallest absolute Gasteiger partial charge is 0.287 e. The fourth-order valence-corrected chi connectivity index (χ4v) is 4.51. The molecular weight excluding hydrogens is 383 g/mol. The Labute approximate surface area is 173 Å². The summed E-state index contributed by atoms with van der Waals surface area (Å²) in [5.74, 6) is 0. The van der Waals surface area contributed by atoms with Gasteiger partial charge in [0.15, 0.2) is 0 Å². The summed E-state index contributed by atoms with van der Waals surface area (Å²) in [4.78, 5) is 0. The summed E-state index contributed by atoms with van der Waals surface area (Å²) >= 11 is 6.18. The van der Waals surface area contributed by atoms with Gasteiger partial charge in [-0.15, -0.1) is 0 Å². The van der Waals surface area contributed by atoms with Gasteiger partial charge in [0.2, 0.25) is 0 Å². The first kappa shape index (κ1) is 27.4. The second-order valence-electron chi connectivity index (χ2n) is 7.31. The van der Waals surface area contributed by atoms with E-state index in [4.69, 9.17) is 25.2 Å². The van der Waals surface area contributed by atoms with Crippen molar-refractivity contribution in [2.24, 2.45) is 0 Å². The van der Waals surface area contributed by atoms with E-state index >= 15 is 0 Å². The molecule has 164 valence electrons. The highest BCUT2D eigenvalue weighted by atomic mass is 35.5. The van der Waals surface area contributed by atoms with Crippen LogP contribution in [-0.2, 0) is 18.1 Å². The van der Waals surface area contributed by atoms with Crippen LogP contribution in [0.2, 0.25) is 0 Å². The molecule has 0 rings (SSSR count). The van der Waals surface area contributed by atoms with Crippen molar-refractivity contribution in [3.63, 3.8) is 0 Å². The van der Waals surface area contributed by atoms with Gasteiger partial charge in [0.25, 0.3) is 0 Å². The predicted octanol–water partition coefficient (Wildman–Crippen LogP) is 8.62. The molecule has 1 unspecified atom stereocenters. The van der Waals surface area contributed by atoms with Crippen molar-refractivity contribution < 1.29 is 18.1 Å². The molecule has 0 aliphatic heterocycles. The minimum atomic E-state index is -3.57. The van der Waals surface area contributed by atoms with Crippen LogP contribution in [-0.4, -0.2) is 18.8 Å². The third-order valence-electron chi connectivity index (χ3n) is 4.52. The molecule has 0 N–H and O–H groups in total. The maximum absolute atomic E-state index is 12.9. The van der Waals surface area contributed by atoms with Crippen LogP contribution in [0.3, 0.4) is 0 Å². The van der Waals surface area contributed by atoms with Crippen LogP contribution in [0.5, 0.6) is 0 Å². The van der Waals surface area contributed by atoms with Crippen LogP contribution in [0, 0.1) is 0 Å². The number of phosphoric ester groups is 1. The summed E-state index contributed by atoms with van der Waals surface area (Å²) < 4.78 is 29.5. The van der Waals surface area contributed by atoms with Crippen LogP contribution >= 0.6 is 19.4 Å². The molecule has 0 aromatic heterocycles. The van der Waals surface area contributed by atoms with Gasteiger partial charge in [0, 0.05) is 0 Å². The highest BCUT2D eigenvalue weighted by Crippen LogP contribution is 2.52. The van der Waals surface area contributed by atoms with Crippen LogP contribution < -0.4 is 0 Å². The molecule has 0 fully saturated rings. The highest BCUT2D eigenvalue weighted by molar-refractivity contribution is 7.48. The SMILES string of the molecule is CCCCCCCCOP(=O)(OCCCCCCCC)OC(Cl)CCCC. The first-order valence-electron chi connectivity index (χ1n) is 11.3. The molecule has 0 saturated heterocycles. The first-order valence-corrected chi connectivity index (χ1v) is 13.2. The second kappa shape index (κ2) is 19.7. The minimum absolute atomic E-state index is 0.400. The number of halogens is 1. The van der Waals surface area contributed by atoms with E-state index in [0.29, 0.717) is 19.6 Å². The van der Waals surface area contributed by atoms with Crippen molar-refractivity contribution in [1.82, 2.24) is 0 Å². The minimum Gasteiger partial charge on any atom is -0.287 e.